The van der Waals surface area contributed by atoms with Gasteiger partial charge in [0.15, 0.2) is 0 Å². The predicted octanol–water partition coefficient (Wildman–Crippen LogP) is 3.16. The minimum Gasteiger partial charge on any atom is -0.494 e. The molecule has 3 heteroatoms. The Morgan fingerprint density at radius 2 is 1.65 bits per heavy atom. The molecule has 2 unspecified atom stereocenters. The first-order valence-corrected chi connectivity index (χ1v) is 7.59. The third-order valence-corrected chi connectivity index (χ3v) is 3.89. The summed E-state index contributed by atoms with van der Waals surface area (Å²) in [5.41, 5.74) is 3.59. The van der Waals surface area contributed by atoms with Crippen LogP contribution in [0.2, 0.25) is 0 Å². The average molecular weight is 280 g/mol. The Bertz CT molecular complexity index is 415. The SMILES string of the molecule is CCCC(O)C(O)CCc1ccc(OCC)c(C)c1C. The molecule has 0 aromatic heterocycles. The summed E-state index contributed by atoms with van der Waals surface area (Å²) in [6.07, 6.45) is 1.67. The summed E-state index contributed by atoms with van der Waals surface area (Å²) in [6, 6.07) is 4.06. The van der Waals surface area contributed by atoms with Crippen LogP contribution in [0.4, 0.5) is 0 Å². The zero-order valence-electron chi connectivity index (χ0n) is 13.1. The Labute approximate surface area is 122 Å². The van der Waals surface area contributed by atoms with Crippen LogP contribution in [0.1, 0.15) is 49.8 Å². The Morgan fingerprint density at radius 3 is 2.25 bits per heavy atom. The third-order valence-electron chi connectivity index (χ3n) is 3.89. The molecule has 1 rings (SSSR count). The molecule has 3 nitrogen and oxygen atoms in total. The Hall–Kier alpha value is -1.06. The van der Waals surface area contributed by atoms with Crippen LogP contribution >= 0.6 is 0 Å². The zero-order valence-corrected chi connectivity index (χ0v) is 13.1. The lowest BCUT2D eigenvalue weighted by Gasteiger charge is -2.18. The van der Waals surface area contributed by atoms with Crippen LogP contribution in [0.15, 0.2) is 12.1 Å². The lowest BCUT2D eigenvalue weighted by atomic mass is 9.95. The van der Waals surface area contributed by atoms with E-state index in [1.54, 1.807) is 0 Å². The molecular weight excluding hydrogens is 252 g/mol. The van der Waals surface area contributed by atoms with E-state index >= 15 is 0 Å². The van der Waals surface area contributed by atoms with Crippen LogP contribution in [0.5, 0.6) is 5.75 Å². The van der Waals surface area contributed by atoms with Gasteiger partial charge in [-0.25, -0.2) is 0 Å². The van der Waals surface area contributed by atoms with Gasteiger partial charge in [0, 0.05) is 0 Å². The van der Waals surface area contributed by atoms with Crippen LogP contribution in [-0.2, 0) is 6.42 Å². The molecule has 0 spiro atoms. The van der Waals surface area contributed by atoms with Gasteiger partial charge in [-0.1, -0.05) is 19.4 Å². The van der Waals surface area contributed by atoms with E-state index in [0.717, 1.165) is 24.2 Å². The number of hydrogen-bond donors (Lipinski definition) is 2. The van der Waals surface area contributed by atoms with Crippen molar-refractivity contribution >= 4 is 0 Å². The Balaban J connectivity index is 2.67. The lowest BCUT2D eigenvalue weighted by molar-refractivity contribution is 0.00978. The van der Waals surface area contributed by atoms with Gasteiger partial charge in [0.05, 0.1) is 18.8 Å². The molecule has 0 heterocycles. The molecule has 2 N–H and O–H groups in total. The molecule has 0 amide bonds. The highest BCUT2D eigenvalue weighted by Gasteiger charge is 2.16. The van der Waals surface area contributed by atoms with Crippen molar-refractivity contribution < 1.29 is 14.9 Å². The number of hydrogen-bond acceptors (Lipinski definition) is 3. The first-order chi connectivity index (χ1) is 9.51. The van der Waals surface area contributed by atoms with Gasteiger partial charge in [0.25, 0.3) is 0 Å². The molecular formula is C17H28O3. The number of rotatable bonds is 8. The monoisotopic (exact) mass is 280 g/mol. The van der Waals surface area contributed by atoms with Gasteiger partial charge in [-0.15, -0.1) is 0 Å². The molecule has 20 heavy (non-hydrogen) atoms. The number of benzene rings is 1. The van der Waals surface area contributed by atoms with Gasteiger partial charge in [-0.2, -0.15) is 0 Å². The summed E-state index contributed by atoms with van der Waals surface area (Å²) in [6.45, 7) is 8.81. The topological polar surface area (TPSA) is 49.7 Å². The maximum Gasteiger partial charge on any atom is 0.122 e. The van der Waals surface area contributed by atoms with Crippen molar-refractivity contribution in [3.8, 4) is 5.75 Å². The second kappa shape index (κ2) is 8.28. The fourth-order valence-electron chi connectivity index (χ4n) is 2.42. The average Bonchev–Trinajstić information content (AvgIpc) is 2.43. The first-order valence-electron chi connectivity index (χ1n) is 7.59. The summed E-state index contributed by atoms with van der Waals surface area (Å²) in [5.74, 6) is 0.931. The van der Waals surface area contributed by atoms with Crippen molar-refractivity contribution in [3.05, 3.63) is 28.8 Å². The summed E-state index contributed by atoms with van der Waals surface area (Å²) in [7, 11) is 0. The van der Waals surface area contributed by atoms with Crippen LogP contribution in [0, 0.1) is 13.8 Å². The predicted molar refractivity (Wildman–Crippen MR) is 82.3 cm³/mol. The lowest BCUT2D eigenvalue weighted by Crippen LogP contribution is -2.26. The van der Waals surface area contributed by atoms with E-state index < -0.39 is 12.2 Å². The summed E-state index contributed by atoms with van der Waals surface area (Å²) >= 11 is 0. The van der Waals surface area contributed by atoms with E-state index in [1.165, 1.54) is 11.1 Å². The number of aliphatic hydroxyl groups excluding tert-OH is 2. The first kappa shape index (κ1) is 17.0. The van der Waals surface area contributed by atoms with Gasteiger partial charge in [-0.05, 0) is 62.8 Å². The van der Waals surface area contributed by atoms with Crippen LogP contribution in [0.3, 0.4) is 0 Å². The van der Waals surface area contributed by atoms with E-state index in [-0.39, 0.29) is 0 Å². The summed E-state index contributed by atoms with van der Waals surface area (Å²) < 4.78 is 5.58. The second-order valence-corrected chi connectivity index (χ2v) is 5.37. The Kier molecular flexibility index (Phi) is 7.03. The van der Waals surface area contributed by atoms with E-state index in [9.17, 15) is 10.2 Å². The maximum absolute atomic E-state index is 9.93. The fourth-order valence-corrected chi connectivity index (χ4v) is 2.42. The van der Waals surface area contributed by atoms with E-state index in [0.29, 0.717) is 19.4 Å². The smallest absolute Gasteiger partial charge is 0.122 e. The van der Waals surface area contributed by atoms with Crippen LogP contribution in [0.25, 0.3) is 0 Å². The van der Waals surface area contributed by atoms with E-state index in [4.69, 9.17) is 4.74 Å². The normalized spacial score (nSPS) is 14.1. The Morgan fingerprint density at radius 1 is 1.00 bits per heavy atom. The molecule has 1 aromatic rings. The molecule has 0 radical (unpaired) electrons. The van der Waals surface area contributed by atoms with Gasteiger partial charge >= 0.3 is 0 Å². The second-order valence-electron chi connectivity index (χ2n) is 5.37. The molecule has 0 aliphatic heterocycles. The van der Waals surface area contributed by atoms with E-state index in [2.05, 4.69) is 19.9 Å². The number of ether oxygens (including phenoxy) is 1. The molecule has 0 bridgehead atoms. The quantitative estimate of drug-likeness (QED) is 0.769. The molecule has 2 atom stereocenters. The van der Waals surface area contributed by atoms with Crippen LogP contribution < -0.4 is 4.74 Å². The highest BCUT2D eigenvalue weighted by atomic mass is 16.5. The standard InChI is InChI=1S/C17H28O3/c1-5-7-15(18)16(19)10-8-14-9-11-17(20-6-2)13(4)12(14)3/h9,11,15-16,18-19H,5-8,10H2,1-4H3. The molecule has 114 valence electrons. The van der Waals surface area contributed by atoms with Gasteiger partial charge in [0.1, 0.15) is 5.75 Å². The molecule has 0 saturated heterocycles. The van der Waals surface area contributed by atoms with Crippen molar-refractivity contribution in [1.29, 1.82) is 0 Å². The maximum atomic E-state index is 9.93. The van der Waals surface area contributed by atoms with Crippen molar-refractivity contribution in [3.63, 3.8) is 0 Å². The zero-order chi connectivity index (χ0) is 15.1. The largest absolute Gasteiger partial charge is 0.494 e. The number of aliphatic hydroxyl groups is 2. The van der Waals surface area contributed by atoms with E-state index in [1.807, 2.05) is 19.9 Å². The highest BCUT2D eigenvalue weighted by Crippen LogP contribution is 2.25. The summed E-state index contributed by atoms with van der Waals surface area (Å²) in [4.78, 5) is 0. The molecule has 0 saturated carbocycles. The minimum absolute atomic E-state index is 0.593. The highest BCUT2D eigenvalue weighted by molar-refractivity contribution is 5.43. The molecule has 0 aliphatic carbocycles. The number of aryl methyl sites for hydroxylation is 1. The van der Waals surface area contributed by atoms with Crippen molar-refractivity contribution in [2.24, 2.45) is 0 Å². The van der Waals surface area contributed by atoms with Crippen molar-refractivity contribution in [2.75, 3.05) is 6.61 Å². The fraction of sp³-hybridized carbons (Fsp3) is 0.647. The molecule has 1 aromatic carbocycles. The van der Waals surface area contributed by atoms with Gasteiger partial charge < -0.3 is 14.9 Å². The minimum atomic E-state index is -0.638. The van der Waals surface area contributed by atoms with Crippen LogP contribution in [-0.4, -0.2) is 29.0 Å². The summed E-state index contributed by atoms with van der Waals surface area (Å²) in [5, 5.41) is 19.7. The van der Waals surface area contributed by atoms with Gasteiger partial charge in [-0.3, -0.25) is 0 Å². The van der Waals surface area contributed by atoms with Crippen molar-refractivity contribution in [1.82, 2.24) is 0 Å². The molecule has 0 fully saturated rings. The van der Waals surface area contributed by atoms with Crippen molar-refractivity contribution in [2.45, 2.75) is 65.6 Å². The molecule has 0 aliphatic rings. The third kappa shape index (κ3) is 4.50. The van der Waals surface area contributed by atoms with Gasteiger partial charge in [0.2, 0.25) is 0 Å².